The lowest BCUT2D eigenvalue weighted by Crippen LogP contribution is -2.51. The van der Waals surface area contributed by atoms with Gasteiger partial charge in [-0.15, -0.1) is 0 Å². The van der Waals surface area contributed by atoms with Crippen molar-refractivity contribution in [1.82, 2.24) is 34.1 Å². The number of hydrogen-bond acceptors (Lipinski definition) is 5. The van der Waals surface area contributed by atoms with Gasteiger partial charge in [-0.1, -0.05) is 12.2 Å². The number of rotatable bonds is 3. The summed E-state index contributed by atoms with van der Waals surface area (Å²) in [6.07, 6.45) is 13.9. The van der Waals surface area contributed by atoms with Crippen LogP contribution in [0.4, 0.5) is 16.2 Å². The average Bonchev–Trinajstić information content (AvgIpc) is 3.67. The van der Waals surface area contributed by atoms with Gasteiger partial charge < -0.3 is 29.4 Å². The van der Waals surface area contributed by atoms with E-state index in [1.54, 1.807) is 6.20 Å². The number of nitrogens with zero attached hydrogens (tertiary/aromatic N) is 6. The molecular weight excluding hydrogens is 452 g/mol. The topological polar surface area (TPSA) is 84.8 Å². The summed E-state index contributed by atoms with van der Waals surface area (Å²) in [7, 11) is 0. The molecule has 0 unspecified atom stereocenters. The number of pyridine rings is 2. The van der Waals surface area contributed by atoms with Crippen LogP contribution in [0.25, 0.3) is 22.3 Å². The Morgan fingerprint density at radius 3 is 2.89 bits per heavy atom. The third-order valence-corrected chi connectivity index (χ3v) is 7.47. The van der Waals surface area contributed by atoms with Crippen LogP contribution >= 0.6 is 0 Å². The van der Waals surface area contributed by atoms with Crippen LogP contribution in [0.1, 0.15) is 18.5 Å². The van der Waals surface area contributed by atoms with Crippen molar-refractivity contribution < 1.29 is 4.79 Å². The normalized spacial score (nSPS) is 17.9. The summed E-state index contributed by atoms with van der Waals surface area (Å²) >= 11 is 0. The molecule has 1 fully saturated rings. The minimum absolute atomic E-state index is 0.150. The average molecular weight is 481 g/mol. The van der Waals surface area contributed by atoms with Crippen LogP contribution in [-0.4, -0.2) is 79.4 Å². The molecule has 7 heterocycles. The van der Waals surface area contributed by atoms with Crippen molar-refractivity contribution in [1.29, 1.82) is 0 Å². The Morgan fingerprint density at radius 2 is 1.97 bits per heavy atom. The van der Waals surface area contributed by atoms with Crippen molar-refractivity contribution in [3.8, 4) is 0 Å². The van der Waals surface area contributed by atoms with Gasteiger partial charge >= 0.3 is 6.03 Å². The highest BCUT2D eigenvalue weighted by Crippen LogP contribution is 2.31. The second-order valence-corrected chi connectivity index (χ2v) is 9.64. The molecule has 0 spiro atoms. The lowest BCUT2D eigenvalue weighted by Gasteiger charge is -2.38. The molecule has 182 valence electrons. The van der Waals surface area contributed by atoms with Gasteiger partial charge in [0, 0.05) is 74.3 Å². The number of aromatic amines is 1. The van der Waals surface area contributed by atoms with E-state index in [2.05, 4.69) is 43.4 Å². The van der Waals surface area contributed by atoms with E-state index in [0.717, 1.165) is 79.3 Å². The second kappa shape index (κ2) is 8.44. The van der Waals surface area contributed by atoms with Gasteiger partial charge in [0.2, 0.25) is 0 Å². The zero-order valence-electron chi connectivity index (χ0n) is 20.0. The molecule has 0 bridgehead atoms. The number of H-pyrrole nitrogens is 1. The Hall–Kier alpha value is -4.27. The van der Waals surface area contributed by atoms with Crippen LogP contribution in [0, 0.1) is 0 Å². The van der Waals surface area contributed by atoms with E-state index in [9.17, 15) is 4.79 Å². The van der Waals surface area contributed by atoms with E-state index < -0.39 is 0 Å². The van der Waals surface area contributed by atoms with Crippen molar-refractivity contribution in [3.05, 3.63) is 72.6 Å². The number of amides is 2. The van der Waals surface area contributed by atoms with Crippen LogP contribution in [0.15, 0.2) is 66.9 Å². The van der Waals surface area contributed by atoms with Crippen LogP contribution in [-0.2, 0) is 0 Å². The third kappa shape index (κ3) is 3.67. The first-order chi connectivity index (χ1) is 17.7. The fourth-order valence-corrected chi connectivity index (χ4v) is 5.50. The Bertz CT molecular complexity index is 1530. The maximum atomic E-state index is 13.2. The van der Waals surface area contributed by atoms with Crippen LogP contribution in [0.2, 0.25) is 0 Å². The molecule has 0 radical (unpaired) electrons. The molecule has 1 saturated heterocycles. The van der Waals surface area contributed by atoms with E-state index in [1.165, 1.54) is 11.3 Å². The molecule has 0 aromatic carbocycles. The molecule has 36 heavy (non-hydrogen) atoms. The molecule has 2 N–H and O–H groups in total. The highest BCUT2D eigenvalue weighted by molar-refractivity contribution is 5.94. The van der Waals surface area contributed by atoms with Gasteiger partial charge in [0.25, 0.3) is 0 Å². The number of anilines is 2. The van der Waals surface area contributed by atoms with E-state index in [-0.39, 0.29) is 6.03 Å². The van der Waals surface area contributed by atoms with Gasteiger partial charge in [0.05, 0.1) is 17.9 Å². The van der Waals surface area contributed by atoms with Crippen LogP contribution in [0.5, 0.6) is 0 Å². The standard InChI is InChI=1S/C27H28N8O/c36-27(35-15-14-32-10-1-2-21(32)18-35)33-11-6-19(7-12-33)24-16-22-23(5-8-29-26(22)31-24)30-20-3-4-25-28-9-13-34(25)17-20/h2-6,8-9,13,16-17H,1,7,10-12,14-15,18H2,(H2,29,30,31). The van der Waals surface area contributed by atoms with E-state index in [0.29, 0.717) is 6.54 Å². The Morgan fingerprint density at radius 1 is 1.00 bits per heavy atom. The Balaban J connectivity index is 1.08. The summed E-state index contributed by atoms with van der Waals surface area (Å²) in [5.74, 6) is 0. The van der Waals surface area contributed by atoms with Crippen molar-refractivity contribution in [2.75, 3.05) is 44.6 Å². The fourth-order valence-electron chi connectivity index (χ4n) is 5.50. The number of urea groups is 1. The van der Waals surface area contributed by atoms with Crippen LogP contribution in [0.3, 0.4) is 0 Å². The number of piperazine rings is 1. The van der Waals surface area contributed by atoms with Crippen LogP contribution < -0.4 is 5.32 Å². The van der Waals surface area contributed by atoms with Gasteiger partial charge in [-0.25, -0.2) is 14.8 Å². The highest BCUT2D eigenvalue weighted by Gasteiger charge is 2.30. The van der Waals surface area contributed by atoms with E-state index in [1.807, 2.05) is 51.0 Å². The number of aromatic nitrogens is 4. The van der Waals surface area contributed by atoms with Gasteiger partial charge in [0.15, 0.2) is 0 Å². The van der Waals surface area contributed by atoms with Crippen molar-refractivity contribution in [2.45, 2.75) is 12.8 Å². The lowest BCUT2D eigenvalue weighted by molar-refractivity contribution is 0.139. The van der Waals surface area contributed by atoms with Gasteiger partial charge in [-0.05, 0) is 42.7 Å². The summed E-state index contributed by atoms with van der Waals surface area (Å²) in [6, 6.07) is 8.33. The second-order valence-electron chi connectivity index (χ2n) is 9.64. The first-order valence-corrected chi connectivity index (χ1v) is 12.6. The van der Waals surface area contributed by atoms with E-state index in [4.69, 9.17) is 0 Å². The lowest BCUT2D eigenvalue weighted by atomic mass is 10.0. The van der Waals surface area contributed by atoms with Crippen molar-refractivity contribution in [2.24, 2.45) is 0 Å². The number of imidazole rings is 1. The van der Waals surface area contributed by atoms with Gasteiger partial charge in [-0.3, -0.25) is 0 Å². The smallest absolute Gasteiger partial charge is 0.320 e. The van der Waals surface area contributed by atoms with Crippen molar-refractivity contribution >= 4 is 39.7 Å². The maximum Gasteiger partial charge on any atom is 0.320 e. The maximum absolute atomic E-state index is 13.2. The molecule has 2 amide bonds. The van der Waals surface area contributed by atoms with E-state index >= 15 is 0 Å². The summed E-state index contributed by atoms with van der Waals surface area (Å²) in [5.41, 5.74) is 7.34. The molecule has 3 aliphatic rings. The molecule has 0 atom stereocenters. The number of carbonyl (C=O) groups is 1. The molecule has 9 nitrogen and oxygen atoms in total. The molecule has 3 aliphatic heterocycles. The summed E-state index contributed by atoms with van der Waals surface area (Å²) in [4.78, 5) is 31.9. The Kier molecular flexibility index (Phi) is 4.93. The monoisotopic (exact) mass is 480 g/mol. The summed E-state index contributed by atoms with van der Waals surface area (Å²) < 4.78 is 1.99. The largest absolute Gasteiger partial charge is 0.372 e. The zero-order valence-corrected chi connectivity index (χ0v) is 20.0. The van der Waals surface area contributed by atoms with Gasteiger partial charge in [-0.2, -0.15) is 0 Å². The summed E-state index contributed by atoms with van der Waals surface area (Å²) in [5, 5.41) is 4.57. The number of hydrogen-bond donors (Lipinski definition) is 2. The first kappa shape index (κ1) is 21.0. The minimum Gasteiger partial charge on any atom is -0.372 e. The number of fused-ring (bicyclic) bond motifs is 3. The zero-order chi connectivity index (χ0) is 24.1. The van der Waals surface area contributed by atoms with Crippen molar-refractivity contribution in [3.63, 3.8) is 0 Å². The fraction of sp³-hybridized carbons (Fsp3) is 0.296. The van der Waals surface area contributed by atoms with Gasteiger partial charge in [0.1, 0.15) is 11.3 Å². The molecule has 4 aromatic heterocycles. The SMILES string of the molecule is O=C(N1CC=C(c2cc3c(Nc4ccc5nccn5c4)ccnc3[nH]2)CC1)N1CCN2CCC=C2C1. The minimum atomic E-state index is 0.150. The molecule has 0 aliphatic carbocycles. The third-order valence-electron chi connectivity index (χ3n) is 7.47. The molecular formula is C27H28N8O. The number of carbonyl (C=O) groups excluding carboxylic acids is 1. The molecule has 0 saturated carbocycles. The quantitative estimate of drug-likeness (QED) is 0.462. The number of nitrogens with one attached hydrogen (secondary N) is 2. The predicted molar refractivity (Wildman–Crippen MR) is 140 cm³/mol. The molecule has 7 rings (SSSR count). The first-order valence-electron chi connectivity index (χ1n) is 12.6. The predicted octanol–water partition coefficient (Wildman–Crippen LogP) is 4.07. The Labute approximate surface area is 208 Å². The highest BCUT2D eigenvalue weighted by atomic mass is 16.2. The summed E-state index contributed by atoms with van der Waals surface area (Å²) in [6.45, 7) is 4.95. The molecule has 4 aromatic rings. The molecule has 9 heteroatoms.